The Morgan fingerprint density at radius 1 is 1.11 bits per heavy atom. The summed E-state index contributed by atoms with van der Waals surface area (Å²) in [5, 5.41) is 13.6. The molecule has 2 atom stereocenters. The summed E-state index contributed by atoms with van der Waals surface area (Å²) >= 11 is 6.70. The summed E-state index contributed by atoms with van der Waals surface area (Å²) in [6.07, 6.45) is 3.44. The SMILES string of the molecule is CNc1ncc2cc(-c3cc(OC)cc(OC)c3Cl)c(=O)n(CCN3C[C@@H]4CN(C(=O)C(C#N)=CC(C)(C)C)C[C@@H]4C3)c2n1. The lowest BCUT2D eigenvalue weighted by atomic mass is 9.93. The van der Waals surface area contributed by atoms with Crippen molar-refractivity contribution in [2.45, 2.75) is 27.3 Å². The third-order valence-corrected chi connectivity index (χ3v) is 8.62. The number of anilines is 1. The molecule has 4 heterocycles. The Hall–Kier alpha value is -4.14. The first-order valence-corrected chi connectivity index (χ1v) is 15.0. The number of halogens is 1. The second kappa shape index (κ2) is 12.5. The van der Waals surface area contributed by atoms with Gasteiger partial charge in [-0.1, -0.05) is 38.4 Å². The lowest BCUT2D eigenvalue weighted by molar-refractivity contribution is -0.126. The van der Waals surface area contributed by atoms with Crippen molar-refractivity contribution in [3.63, 3.8) is 0 Å². The first-order chi connectivity index (χ1) is 21.0. The molecule has 0 spiro atoms. The van der Waals surface area contributed by atoms with E-state index in [1.165, 1.54) is 7.11 Å². The predicted molar refractivity (Wildman–Crippen MR) is 170 cm³/mol. The number of nitrogens with one attached hydrogen (secondary N) is 1. The average molecular weight is 620 g/mol. The Morgan fingerprint density at radius 3 is 2.41 bits per heavy atom. The molecule has 2 saturated heterocycles. The van der Waals surface area contributed by atoms with Crippen LogP contribution in [-0.2, 0) is 11.3 Å². The zero-order chi connectivity index (χ0) is 31.8. The molecular weight excluding hydrogens is 582 g/mol. The van der Waals surface area contributed by atoms with Crippen molar-refractivity contribution in [2.24, 2.45) is 17.3 Å². The Kier molecular flexibility index (Phi) is 8.86. The molecule has 0 bridgehead atoms. The van der Waals surface area contributed by atoms with E-state index in [1.54, 1.807) is 49.2 Å². The minimum Gasteiger partial charge on any atom is -0.497 e. The van der Waals surface area contributed by atoms with Gasteiger partial charge in [0.05, 0.1) is 19.2 Å². The Balaban J connectivity index is 1.39. The van der Waals surface area contributed by atoms with Crippen LogP contribution in [0.25, 0.3) is 22.2 Å². The van der Waals surface area contributed by atoms with Gasteiger partial charge in [-0.2, -0.15) is 10.2 Å². The number of ether oxygens (including phenoxy) is 2. The number of benzene rings is 1. The maximum absolute atomic E-state index is 14.1. The van der Waals surface area contributed by atoms with Gasteiger partial charge in [0, 0.05) is 75.1 Å². The molecule has 1 N–H and O–H groups in total. The van der Waals surface area contributed by atoms with Gasteiger partial charge >= 0.3 is 0 Å². The van der Waals surface area contributed by atoms with E-state index in [-0.39, 0.29) is 22.5 Å². The molecule has 232 valence electrons. The average Bonchev–Trinajstić information content (AvgIpc) is 3.57. The normalized spacial score (nSPS) is 18.8. The topological polar surface area (TPSA) is 126 Å². The highest BCUT2D eigenvalue weighted by Crippen LogP contribution is 2.39. The number of rotatable bonds is 8. The molecule has 0 radical (unpaired) electrons. The van der Waals surface area contributed by atoms with Crippen LogP contribution in [0.5, 0.6) is 11.5 Å². The van der Waals surface area contributed by atoms with Gasteiger partial charge in [0.1, 0.15) is 28.8 Å². The van der Waals surface area contributed by atoms with E-state index in [4.69, 9.17) is 21.1 Å². The number of allylic oxidation sites excluding steroid dienone is 1. The molecule has 1 amide bonds. The summed E-state index contributed by atoms with van der Waals surface area (Å²) < 4.78 is 12.6. The Bertz CT molecular complexity index is 1710. The van der Waals surface area contributed by atoms with Crippen LogP contribution in [0.15, 0.2) is 40.8 Å². The molecule has 44 heavy (non-hydrogen) atoms. The third-order valence-electron chi connectivity index (χ3n) is 8.23. The quantitative estimate of drug-likeness (QED) is 0.293. The van der Waals surface area contributed by atoms with Crippen molar-refractivity contribution >= 4 is 34.5 Å². The molecule has 11 nitrogen and oxygen atoms in total. The third kappa shape index (κ3) is 6.23. The van der Waals surface area contributed by atoms with Crippen molar-refractivity contribution in [1.82, 2.24) is 24.3 Å². The molecule has 3 aromatic rings. The number of methoxy groups -OCH3 is 2. The summed E-state index contributed by atoms with van der Waals surface area (Å²) in [5.74, 6) is 1.77. The molecule has 5 rings (SSSR count). The fraction of sp³-hybridized carbons (Fsp3) is 0.469. The summed E-state index contributed by atoms with van der Waals surface area (Å²) in [7, 11) is 4.79. The predicted octanol–water partition coefficient (Wildman–Crippen LogP) is 4.06. The first kappa shape index (κ1) is 31.3. The van der Waals surface area contributed by atoms with Crippen LogP contribution in [0.3, 0.4) is 0 Å². The first-order valence-electron chi connectivity index (χ1n) is 14.6. The Morgan fingerprint density at radius 2 is 1.82 bits per heavy atom. The van der Waals surface area contributed by atoms with Crippen LogP contribution in [0.4, 0.5) is 5.95 Å². The van der Waals surface area contributed by atoms with Crippen LogP contribution in [0.1, 0.15) is 20.8 Å². The summed E-state index contributed by atoms with van der Waals surface area (Å²) in [5.41, 5.74) is 1.13. The van der Waals surface area contributed by atoms with Gasteiger partial charge in [0.2, 0.25) is 5.95 Å². The van der Waals surface area contributed by atoms with Gasteiger partial charge in [-0.25, -0.2) is 4.98 Å². The second-order valence-corrected chi connectivity index (χ2v) is 12.8. The lowest BCUT2D eigenvalue weighted by Gasteiger charge is -2.23. The van der Waals surface area contributed by atoms with Crippen LogP contribution >= 0.6 is 11.6 Å². The maximum Gasteiger partial charge on any atom is 0.264 e. The number of hydrogen-bond donors (Lipinski definition) is 1. The molecule has 2 aromatic heterocycles. The number of fused-ring (bicyclic) bond motifs is 2. The van der Waals surface area contributed by atoms with Crippen molar-refractivity contribution in [1.29, 1.82) is 5.26 Å². The summed E-state index contributed by atoms with van der Waals surface area (Å²) in [6.45, 7) is 9.82. The molecular formula is C32H38ClN7O4. The van der Waals surface area contributed by atoms with E-state index in [9.17, 15) is 14.9 Å². The van der Waals surface area contributed by atoms with E-state index >= 15 is 0 Å². The smallest absolute Gasteiger partial charge is 0.264 e. The van der Waals surface area contributed by atoms with E-state index in [2.05, 4.69) is 26.3 Å². The lowest BCUT2D eigenvalue weighted by Crippen LogP contribution is -2.36. The van der Waals surface area contributed by atoms with E-state index in [0.717, 1.165) is 13.1 Å². The highest BCUT2D eigenvalue weighted by Gasteiger charge is 2.42. The standard InChI is InChI=1S/C32H38ClN7O4/c1-32(2,3)12-20(13-34)29(41)39-17-21-15-38(16-22(21)18-39)7-8-40-28-19(14-36-31(35-4)37-28)9-25(30(40)42)24-10-23(43-5)11-26(44-6)27(24)33/h9-12,14,21-22H,7-8,15-18H2,1-6H3,(H,35,36,37)/t21-,22+. The van der Waals surface area contributed by atoms with Crippen molar-refractivity contribution in [3.8, 4) is 28.7 Å². The fourth-order valence-electron chi connectivity index (χ4n) is 6.14. The largest absolute Gasteiger partial charge is 0.497 e. The van der Waals surface area contributed by atoms with Gasteiger partial charge in [0.15, 0.2) is 0 Å². The van der Waals surface area contributed by atoms with Crippen LogP contribution < -0.4 is 20.3 Å². The number of likely N-dealkylation sites (tertiary alicyclic amines) is 2. The molecule has 0 unspecified atom stereocenters. The molecule has 2 aliphatic rings. The minimum atomic E-state index is -0.254. The molecule has 0 saturated carbocycles. The number of carbonyl (C=O) groups excluding carboxylic acids is 1. The van der Waals surface area contributed by atoms with E-state index in [1.807, 2.05) is 25.7 Å². The molecule has 12 heteroatoms. The van der Waals surface area contributed by atoms with Gasteiger partial charge in [-0.3, -0.25) is 14.2 Å². The molecule has 2 aliphatic heterocycles. The van der Waals surface area contributed by atoms with E-state index in [0.29, 0.717) is 82.6 Å². The van der Waals surface area contributed by atoms with Gasteiger partial charge in [0.25, 0.3) is 11.5 Å². The summed E-state index contributed by atoms with van der Waals surface area (Å²) in [6, 6.07) is 7.25. The monoisotopic (exact) mass is 619 g/mol. The maximum atomic E-state index is 14.1. The van der Waals surface area contributed by atoms with Crippen molar-refractivity contribution in [2.75, 3.05) is 59.3 Å². The molecule has 0 aliphatic carbocycles. The van der Waals surface area contributed by atoms with Crippen LogP contribution in [0.2, 0.25) is 5.02 Å². The van der Waals surface area contributed by atoms with Gasteiger partial charge in [-0.15, -0.1) is 0 Å². The number of pyridine rings is 1. The number of amides is 1. The van der Waals surface area contributed by atoms with Crippen LogP contribution in [-0.4, -0.2) is 84.2 Å². The molecule has 1 aromatic carbocycles. The number of nitrogens with zero attached hydrogens (tertiary/aromatic N) is 6. The highest BCUT2D eigenvalue weighted by atomic mass is 35.5. The Labute approximate surface area is 262 Å². The zero-order valence-corrected chi connectivity index (χ0v) is 26.7. The molecule has 2 fully saturated rings. The minimum absolute atomic E-state index is 0.189. The second-order valence-electron chi connectivity index (χ2n) is 12.5. The van der Waals surface area contributed by atoms with Crippen molar-refractivity contribution in [3.05, 3.63) is 51.4 Å². The number of carbonyl (C=O) groups is 1. The van der Waals surface area contributed by atoms with E-state index < -0.39 is 0 Å². The number of aromatic nitrogens is 3. The van der Waals surface area contributed by atoms with Crippen LogP contribution in [0, 0.1) is 28.6 Å². The van der Waals surface area contributed by atoms with Gasteiger partial charge < -0.3 is 24.6 Å². The van der Waals surface area contributed by atoms with Crippen molar-refractivity contribution < 1.29 is 14.3 Å². The highest BCUT2D eigenvalue weighted by molar-refractivity contribution is 6.35. The number of hydrogen-bond acceptors (Lipinski definition) is 9. The van der Waals surface area contributed by atoms with Gasteiger partial charge in [-0.05, 0) is 29.4 Å². The number of nitriles is 1. The zero-order valence-electron chi connectivity index (χ0n) is 26.0. The fourth-order valence-corrected chi connectivity index (χ4v) is 6.43. The summed E-state index contributed by atoms with van der Waals surface area (Å²) in [4.78, 5) is 40.3.